The molecule has 1 heterocycles. The van der Waals surface area contributed by atoms with Crippen molar-refractivity contribution < 1.29 is 9.47 Å². The normalized spacial score (nSPS) is 15.8. The molecule has 0 saturated carbocycles. The standard InChI is InChI=1S/C18H27NO2/c1-4-7-13(6-3)15(8-5-2)18(19)14-9-10-16-17(11-14)21-12-20-16/h9-11,18H,4-8,12,19H2,1-3H3/b15-13+/t18-/m0/s1. The van der Waals surface area contributed by atoms with E-state index >= 15 is 0 Å². The summed E-state index contributed by atoms with van der Waals surface area (Å²) < 4.78 is 10.8. The maximum atomic E-state index is 6.57. The lowest BCUT2D eigenvalue weighted by molar-refractivity contribution is 0.174. The van der Waals surface area contributed by atoms with Crippen molar-refractivity contribution in [1.82, 2.24) is 0 Å². The summed E-state index contributed by atoms with van der Waals surface area (Å²) in [4.78, 5) is 0. The van der Waals surface area contributed by atoms with E-state index in [1.54, 1.807) is 0 Å². The van der Waals surface area contributed by atoms with Gasteiger partial charge in [-0.05, 0) is 42.5 Å². The van der Waals surface area contributed by atoms with Crippen molar-refractivity contribution in [2.45, 2.75) is 58.9 Å². The average Bonchev–Trinajstić information content (AvgIpc) is 2.97. The topological polar surface area (TPSA) is 44.5 Å². The van der Waals surface area contributed by atoms with E-state index in [0.29, 0.717) is 6.79 Å². The zero-order valence-electron chi connectivity index (χ0n) is 13.4. The number of hydrogen-bond acceptors (Lipinski definition) is 3. The Labute approximate surface area is 128 Å². The highest BCUT2D eigenvalue weighted by atomic mass is 16.7. The van der Waals surface area contributed by atoms with Gasteiger partial charge < -0.3 is 15.2 Å². The molecule has 0 saturated heterocycles. The van der Waals surface area contributed by atoms with E-state index in [2.05, 4.69) is 26.8 Å². The van der Waals surface area contributed by atoms with E-state index in [1.807, 2.05) is 12.1 Å². The second-order valence-electron chi connectivity index (χ2n) is 5.57. The lowest BCUT2D eigenvalue weighted by Crippen LogP contribution is -2.15. The molecular formula is C18H27NO2. The van der Waals surface area contributed by atoms with Crippen LogP contribution < -0.4 is 15.2 Å². The summed E-state index contributed by atoms with van der Waals surface area (Å²) in [5.74, 6) is 1.63. The first kappa shape index (κ1) is 15.9. The Bertz CT molecular complexity index is 508. The lowest BCUT2D eigenvalue weighted by atomic mass is 9.89. The Morgan fingerprint density at radius 3 is 2.48 bits per heavy atom. The Hall–Kier alpha value is -1.48. The predicted octanol–water partition coefficient (Wildman–Crippen LogP) is 4.72. The molecule has 0 fully saturated rings. The van der Waals surface area contributed by atoms with Crippen molar-refractivity contribution >= 4 is 0 Å². The van der Waals surface area contributed by atoms with E-state index in [9.17, 15) is 0 Å². The quantitative estimate of drug-likeness (QED) is 0.738. The Morgan fingerprint density at radius 1 is 1.10 bits per heavy atom. The molecule has 116 valence electrons. The summed E-state index contributed by atoms with van der Waals surface area (Å²) in [5.41, 5.74) is 10.6. The second-order valence-corrected chi connectivity index (χ2v) is 5.57. The molecule has 0 unspecified atom stereocenters. The number of rotatable bonds is 7. The third-order valence-electron chi connectivity index (χ3n) is 4.08. The first-order chi connectivity index (χ1) is 10.2. The fourth-order valence-corrected chi connectivity index (χ4v) is 3.00. The van der Waals surface area contributed by atoms with Crippen LogP contribution in [0.4, 0.5) is 0 Å². The van der Waals surface area contributed by atoms with Crippen LogP contribution in [0.3, 0.4) is 0 Å². The van der Waals surface area contributed by atoms with Crippen molar-refractivity contribution in [3.8, 4) is 11.5 Å². The summed E-state index contributed by atoms with van der Waals surface area (Å²) in [6.45, 7) is 6.98. The highest BCUT2D eigenvalue weighted by molar-refractivity contribution is 5.47. The highest BCUT2D eigenvalue weighted by Gasteiger charge is 2.19. The first-order valence-corrected chi connectivity index (χ1v) is 8.07. The van der Waals surface area contributed by atoms with Crippen LogP contribution >= 0.6 is 0 Å². The number of nitrogens with two attached hydrogens (primary N) is 1. The van der Waals surface area contributed by atoms with E-state index in [4.69, 9.17) is 15.2 Å². The SMILES string of the molecule is CCC/C(CC)=C(\CCC)[C@@H](N)c1ccc2c(c1)OCO2. The van der Waals surface area contributed by atoms with Crippen LogP contribution in [0.25, 0.3) is 0 Å². The van der Waals surface area contributed by atoms with Crippen molar-refractivity contribution in [2.24, 2.45) is 5.73 Å². The minimum Gasteiger partial charge on any atom is -0.454 e. The number of benzene rings is 1. The largest absolute Gasteiger partial charge is 0.454 e. The number of fused-ring (bicyclic) bond motifs is 1. The van der Waals surface area contributed by atoms with Crippen LogP contribution in [-0.4, -0.2) is 6.79 Å². The van der Waals surface area contributed by atoms with Crippen LogP contribution in [0, 0.1) is 0 Å². The Kier molecular flexibility index (Phi) is 5.68. The Balaban J connectivity index is 2.31. The van der Waals surface area contributed by atoms with Crippen LogP contribution in [-0.2, 0) is 0 Å². The molecule has 21 heavy (non-hydrogen) atoms. The van der Waals surface area contributed by atoms with Gasteiger partial charge in [0.2, 0.25) is 6.79 Å². The van der Waals surface area contributed by atoms with Gasteiger partial charge in [-0.1, -0.05) is 45.3 Å². The van der Waals surface area contributed by atoms with E-state index < -0.39 is 0 Å². The van der Waals surface area contributed by atoms with Gasteiger partial charge in [-0.25, -0.2) is 0 Å². The molecule has 0 spiro atoms. The molecular weight excluding hydrogens is 262 g/mol. The van der Waals surface area contributed by atoms with E-state index in [1.165, 1.54) is 17.6 Å². The van der Waals surface area contributed by atoms with Crippen LogP contribution in [0.1, 0.15) is 64.5 Å². The number of ether oxygens (including phenoxy) is 2. The third-order valence-corrected chi connectivity index (χ3v) is 4.08. The van der Waals surface area contributed by atoms with Gasteiger partial charge >= 0.3 is 0 Å². The molecule has 1 aliphatic heterocycles. The van der Waals surface area contributed by atoms with E-state index in [0.717, 1.165) is 42.7 Å². The van der Waals surface area contributed by atoms with Crippen LogP contribution in [0.15, 0.2) is 29.3 Å². The molecule has 2 rings (SSSR count). The van der Waals surface area contributed by atoms with Gasteiger partial charge in [0.15, 0.2) is 11.5 Å². The van der Waals surface area contributed by atoms with Crippen LogP contribution in [0.2, 0.25) is 0 Å². The molecule has 1 aromatic rings. The van der Waals surface area contributed by atoms with Crippen molar-refractivity contribution in [3.63, 3.8) is 0 Å². The van der Waals surface area contributed by atoms with Gasteiger partial charge in [-0.3, -0.25) is 0 Å². The van der Waals surface area contributed by atoms with Gasteiger partial charge in [0.05, 0.1) is 6.04 Å². The summed E-state index contributed by atoms with van der Waals surface area (Å²) in [6.07, 6.45) is 5.59. The minimum absolute atomic E-state index is 0.0408. The molecule has 0 radical (unpaired) electrons. The molecule has 3 heteroatoms. The zero-order valence-corrected chi connectivity index (χ0v) is 13.4. The van der Waals surface area contributed by atoms with Crippen molar-refractivity contribution in [1.29, 1.82) is 0 Å². The molecule has 0 amide bonds. The fraction of sp³-hybridized carbons (Fsp3) is 0.556. The maximum absolute atomic E-state index is 6.57. The van der Waals surface area contributed by atoms with Gasteiger partial charge in [-0.15, -0.1) is 0 Å². The molecule has 2 N–H and O–H groups in total. The highest BCUT2D eigenvalue weighted by Crippen LogP contribution is 2.37. The zero-order chi connectivity index (χ0) is 15.2. The molecule has 1 atom stereocenters. The smallest absolute Gasteiger partial charge is 0.231 e. The Morgan fingerprint density at radius 2 is 1.81 bits per heavy atom. The summed E-state index contributed by atoms with van der Waals surface area (Å²) in [6, 6.07) is 6.02. The van der Waals surface area contributed by atoms with Crippen molar-refractivity contribution in [3.05, 3.63) is 34.9 Å². The van der Waals surface area contributed by atoms with Gasteiger partial charge in [0.1, 0.15) is 0 Å². The molecule has 1 aromatic carbocycles. The molecule has 1 aliphatic rings. The first-order valence-electron chi connectivity index (χ1n) is 8.07. The van der Waals surface area contributed by atoms with Gasteiger partial charge in [-0.2, -0.15) is 0 Å². The molecule has 0 aliphatic carbocycles. The monoisotopic (exact) mass is 289 g/mol. The molecule has 3 nitrogen and oxygen atoms in total. The molecule has 0 bridgehead atoms. The predicted molar refractivity (Wildman–Crippen MR) is 86.6 cm³/mol. The minimum atomic E-state index is -0.0408. The molecule has 0 aromatic heterocycles. The van der Waals surface area contributed by atoms with Crippen LogP contribution in [0.5, 0.6) is 11.5 Å². The number of allylic oxidation sites excluding steroid dienone is 1. The van der Waals surface area contributed by atoms with E-state index in [-0.39, 0.29) is 6.04 Å². The summed E-state index contributed by atoms with van der Waals surface area (Å²) in [7, 11) is 0. The van der Waals surface area contributed by atoms with Crippen molar-refractivity contribution in [2.75, 3.05) is 6.79 Å². The average molecular weight is 289 g/mol. The lowest BCUT2D eigenvalue weighted by Gasteiger charge is -2.21. The maximum Gasteiger partial charge on any atom is 0.231 e. The third kappa shape index (κ3) is 3.59. The van der Waals surface area contributed by atoms with Gasteiger partial charge in [0.25, 0.3) is 0 Å². The number of hydrogen-bond donors (Lipinski definition) is 1. The van der Waals surface area contributed by atoms with Gasteiger partial charge in [0, 0.05) is 0 Å². The second kappa shape index (κ2) is 7.51. The summed E-state index contributed by atoms with van der Waals surface area (Å²) >= 11 is 0. The fourth-order valence-electron chi connectivity index (χ4n) is 3.00. The summed E-state index contributed by atoms with van der Waals surface area (Å²) in [5, 5.41) is 0.